The first-order valence-electron chi connectivity index (χ1n) is 8.94. The number of benzene rings is 2. The lowest BCUT2D eigenvalue weighted by Crippen LogP contribution is -2.50. The molecule has 2 aliphatic heterocycles. The van der Waals surface area contributed by atoms with Gasteiger partial charge < -0.3 is 19.3 Å². The first-order chi connectivity index (χ1) is 13.5. The highest BCUT2D eigenvalue weighted by atomic mass is 35.5. The Bertz CT molecular complexity index is 926. The second-order valence-corrected chi connectivity index (χ2v) is 7.49. The molecule has 2 aromatic rings. The van der Waals surface area contributed by atoms with Crippen LogP contribution in [0.15, 0.2) is 36.4 Å². The Balaban J connectivity index is 1.29. The predicted molar refractivity (Wildman–Crippen MR) is 107 cm³/mol. The summed E-state index contributed by atoms with van der Waals surface area (Å²) in [5, 5.41) is 1.05. The van der Waals surface area contributed by atoms with Crippen LogP contribution in [0, 0.1) is 0 Å². The van der Waals surface area contributed by atoms with Gasteiger partial charge in [-0.25, -0.2) is 0 Å². The fourth-order valence-electron chi connectivity index (χ4n) is 3.31. The monoisotopic (exact) mass is 420 g/mol. The Labute approximate surface area is 172 Å². The van der Waals surface area contributed by atoms with E-state index in [1.807, 2.05) is 12.1 Å². The molecule has 0 unspecified atom stereocenters. The van der Waals surface area contributed by atoms with Gasteiger partial charge in [0.15, 0.2) is 6.61 Å². The zero-order chi connectivity index (χ0) is 19.7. The smallest absolute Gasteiger partial charge is 0.315 e. The van der Waals surface area contributed by atoms with Gasteiger partial charge in [-0.2, -0.15) is 0 Å². The van der Waals surface area contributed by atoms with Crippen LogP contribution in [0.3, 0.4) is 0 Å². The molecule has 0 N–H and O–H groups in total. The first-order valence-corrected chi connectivity index (χ1v) is 9.69. The van der Waals surface area contributed by atoms with Crippen molar-refractivity contribution in [1.29, 1.82) is 0 Å². The maximum atomic E-state index is 12.5. The van der Waals surface area contributed by atoms with Gasteiger partial charge in [-0.3, -0.25) is 9.59 Å². The second-order valence-electron chi connectivity index (χ2n) is 6.68. The number of anilines is 1. The number of hydrogen-bond acceptors (Lipinski definition) is 5. The summed E-state index contributed by atoms with van der Waals surface area (Å²) >= 11 is 12.1. The molecule has 1 fully saturated rings. The van der Waals surface area contributed by atoms with E-state index in [2.05, 4.69) is 4.90 Å². The van der Waals surface area contributed by atoms with Crippen molar-refractivity contribution in [2.24, 2.45) is 0 Å². The van der Waals surface area contributed by atoms with Crippen LogP contribution in [0.2, 0.25) is 10.0 Å². The normalized spacial score (nSPS) is 16.0. The summed E-state index contributed by atoms with van der Waals surface area (Å²) in [6.07, 6.45) is 0.275. The second kappa shape index (κ2) is 7.89. The third-order valence-electron chi connectivity index (χ3n) is 4.86. The standard InChI is InChI=1S/C20H18Cl2N2O4/c21-16-4-2-14(10-17(16)22)23-5-7-24(8-6-23)19(25)12-27-15-3-1-13-9-20(26)28-18(13)11-15/h1-4,10-11H,5-9,12H2. The molecule has 1 amide bonds. The number of piperazine rings is 1. The van der Waals surface area contributed by atoms with Crippen LogP contribution in [0.5, 0.6) is 11.5 Å². The van der Waals surface area contributed by atoms with Gasteiger partial charge in [0.2, 0.25) is 0 Å². The number of nitrogens with zero attached hydrogens (tertiary/aromatic N) is 2. The van der Waals surface area contributed by atoms with Crippen LogP contribution in [-0.2, 0) is 16.0 Å². The molecule has 4 rings (SSSR count). The van der Waals surface area contributed by atoms with E-state index in [0.717, 1.165) is 11.3 Å². The van der Waals surface area contributed by atoms with Crippen molar-refractivity contribution in [3.8, 4) is 11.5 Å². The molecule has 28 heavy (non-hydrogen) atoms. The van der Waals surface area contributed by atoms with E-state index in [-0.39, 0.29) is 24.9 Å². The lowest BCUT2D eigenvalue weighted by molar-refractivity contribution is -0.134. The summed E-state index contributed by atoms with van der Waals surface area (Å²) in [6.45, 7) is 2.56. The van der Waals surface area contributed by atoms with Crippen molar-refractivity contribution >= 4 is 40.8 Å². The summed E-state index contributed by atoms with van der Waals surface area (Å²) in [5.74, 6) is 0.663. The van der Waals surface area contributed by atoms with E-state index in [1.165, 1.54) is 0 Å². The Morgan fingerprint density at radius 3 is 2.57 bits per heavy atom. The van der Waals surface area contributed by atoms with E-state index in [9.17, 15) is 9.59 Å². The zero-order valence-electron chi connectivity index (χ0n) is 15.0. The summed E-state index contributed by atoms with van der Waals surface area (Å²) in [7, 11) is 0. The first kappa shape index (κ1) is 18.9. The topological polar surface area (TPSA) is 59.1 Å². The molecule has 0 aliphatic carbocycles. The van der Waals surface area contributed by atoms with E-state index in [4.69, 9.17) is 32.7 Å². The van der Waals surface area contributed by atoms with Gasteiger partial charge in [0, 0.05) is 43.5 Å². The summed E-state index contributed by atoms with van der Waals surface area (Å²) < 4.78 is 10.7. The number of ether oxygens (including phenoxy) is 2. The molecule has 1 saturated heterocycles. The summed E-state index contributed by atoms with van der Waals surface area (Å²) in [5.41, 5.74) is 1.83. The number of hydrogen-bond donors (Lipinski definition) is 0. The van der Waals surface area contributed by atoms with Crippen molar-refractivity contribution in [1.82, 2.24) is 4.90 Å². The summed E-state index contributed by atoms with van der Waals surface area (Å²) in [6, 6.07) is 10.7. The van der Waals surface area contributed by atoms with Gasteiger partial charge in [0.1, 0.15) is 11.5 Å². The van der Waals surface area contributed by atoms with Gasteiger partial charge >= 0.3 is 5.97 Å². The molecular weight excluding hydrogens is 403 g/mol. The molecule has 2 aromatic carbocycles. The van der Waals surface area contributed by atoms with Gasteiger partial charge in [-0.1, -0.05) is 29.3 Å². The van der Waals surface area contributed by atoms with Crippen LogP contribution >= 0.6 is 23.2 Å². The number of esters is 1. The average Bonchev–Trinajstić information content (AvgIpc) is 3.07. The van der Waals surface area contributed by atoms with Crippen LogP contribution in [0.4, 0.5) is 5.69 Å². The molecule has 0 atom stereocenters. The molecule has 0 saturated carbocycles. The maximum Gasteiger partial charge on any atom is 0.315 e. The van der Waals surface area contributed by atoms with Crippen LogP contribution < -0.4 is 14.4 Å². The number of amides is 1. The lowest BCUT2D eigenvalue weighted by Gasteiger charge is -2.36. The molecule has 6 nitrogen and oxygen atoms in total. The van der Waals surface area contributed by atoms with Crippen molar-refractivity contribution in [2.45, 2.75) is 6.42 Å². The Morgan fingerprint density at radius 1 is 1.04 bits per heavy atom. The third kappa shape index (κ3) is 4.03. The molecule has 0 spiro atoms. The number of fused-ring (bicyclic) bond motifs is 1. The number of carbonyl (C=O) groups is 2. The van der Waals surface area contributed by atoms with Crippen molar-refractivity contribution in [3.05, 3.63) is 52.0 Å². The summed E-state index contributed by atoms with van der Waals surface area (Å²) in [4.78, 5) is 27.7. The fraction of sp³-hybridized carbons (Fsp3) is 0.300. The van der Waals surface area contributed by atoms with Gasteiger partial charge in [0.25, 0.3) is 5.91 Å². The van der Waals surface area contributed by atoms with Gasteiger partial charge in [-0.05, 0) is 24.3 Å². The zero-order valence-corrected chi connectivity index (χ0v) is 16.5. The van der Waals surface area contributed by atoms with Crippen LogP contribution in [-0.4, -0.2) is 49.6 Å². The Kier molecular flexibility index (Phi) is 5.33. The average molecular weight is 421 g/mol. The quantitative estimate of drug-likeness (QED) is 0.561. The van der Waals surface area contributed by atoms with E-state index in [0.29, 0.717) is 47.7 Å². The minimum Gasteiger partial charge on any atom is -0.484 e. The highest BCUT2D eigenvalue weighted by Gasteiger charge is 2.23. The van der Waals surface area contributed by atoms with E-state index >= 15 is 0 Å². The molecule has 0 bridgehead atoms. The SMILES string of the molecule is O=C1Cc2ccc(OCC(=O)N3CCN(c4ccc(Cl)c(Cl)c4)CC3)cc2O1. The van der Waals surface area contributed by atoms with Crippen LogP contribution in [0.1, 0.15) is 5.56 Å². The molecule has 8 heteroatoms. The Morgan fingerprint density at radius 2 is 1.82 bits per heavy atom. The molecule has 2 heterocycles. The maximum absolute atomic E-state index is 12.5. The van der Waals surface area contributed by atoms with E-state index in [1.54, 1.807) is 29.2 Å². The number of carbonyl (C=O) groups excluding carboxylic acids is 2. The molecule has 0 radical (unpaired) electrons. The van der Waals surface area contributed by atoms with Crippen molar-refractivity contribution in [2.75, 3.05) is 37.7 Å². The predicted octanol–water partition coefficient (Wildman–Crippen LogP) is 3.18. The Hall–Kier alpha value is -2.44. The highest BCUT2D eigenvalue weighted by molar-refractivity contribution is 6.42. The largest absolute Gasteiger partial charge is 0.484 e. The lowest BCUT2D eigenvalue weighted by atomic mass is 10.1. The van der Waals surface area contributed by atoms with E-state index < -0.39 is 0 Å². The third-order valence-corrected chi connectivity index (χ3v) is 5.60. The van der Waals surface area contributed by atoms with Crippen molar-refractivity contribution < 1.29 is 19.1 Å². The minimum absolute atomic E-state index is 0.0560. The van der Waals surface area contributed by atoms with Gasteiger partial charge in [0.05, 0.1) is 16.5 Å². The number of rotatable bonds is 4. The molecular formula is C20H18Cl2N2O4. The van der Waals surface area contributed by atoms with Gasteiger partial charge in [-0.15, -0.1) is 0 Å². The fourth-order valence-corrected chi connectivity index (χ4v) is 3.60. The molecule has 146 valence electrons. The van der Waals surface area contributed by atoms with Crippen LogP contribution in [0.25, 0.3) is 0 Å². The molecule has 2 aliphatic rings. The number of halogens is 2. The minimum atomic E-state index is -0.275. The molecule has 0 aromatic heterocycles. The highest BCUT2D eigenvalue weighted by Crippen LogP contribution is 2.30. The van der Waals surface area contributed by atoms with Crippen molar-refractivity contribution in [3.63, 3.8) is 0 Å².